The van der Waals surface area contributed by atoms with Crippen molar-refractivity contribution in [2.45, 2.75) is 11.1 Å². The summed E-state index contributed by atoms with van der Waals surface area (Å²) in [6.45, 7) is 2.45. The predicted octanol–water partition coefficient (Wildman–Crippen LogP) is 4.20. The average molecular weight is 402 g/mol. The van der Waals surface area contributed by atoms with Crippen LogP contribution in [0.25, 0.3) is 0 Å². The molecule has 0 unspecified atom stereocenters. The summed E-state index contributed by atoms with van der Waals surface area (Å²) in [5.74, 6) is 0.295. The number of nitrogens with one attached hydrogen (secondary N) is 2. The third-order valence-electron chi connectivity index (χ3n) is 3.60. The van der Waals surface area contributed by atoms with Crippen molar-refractivity contribution in [3.05, 3.63) is 71.6 Å². The van der Waals surface area contributed by atoms with Crippen molar-refractivity contribution in [1.29, 1.82) is 0 Å². The molecule has 0 bridgehead atoms. The molecule has 3 aromatic rings. The van der Waals surface area contributed by atoms with Gasteiger partial charge in [0.15, 0.2) is 0 Å². The minimum atomic E-state index is -3.74. The van der Waals surface area contributed by atoms with E-state index in [9.17, 15) is 13.2 Å². The summed E-state index contributed by atoms with van der Waals surface area (Å²) in [6.07, 6.45) is 0. The lowest BCUT2D eigenvalue weighted by Crippen LogP contribution is -2.18. The van der Waals surface area contributed by atoms with Gasteiger partial charge >= 0.3 is 0 Å². The van der Waals surface area contributed by atoms with E-state index in [0.29, 0.717) is 18.0 Å². The number of carbonyl (C=O) groups is 1. The van der Waals surface area contributed by atoms with Gasteiger partial charge in [0.2, 0.25) is 0 Å². The van der Waals surface area contributed by atoms with E-state index in [0.717, 1.165) is 11.3 Å². The maximum Gasteiger partial charge on any atom is 0.271 e. The number of para-hydroxylation sites is 1. The highest BCUT2D eigenvalue weighted by Gasteiger charge is 2.19. The monoisotopic (exact) mass is 402 g/mol. The zero-order valence-electron chi connectivity index (χ0n) is 14.5. The number of hydrogen-bond acceptors (Lipinski definition) is 5. The van der Waals surface area contributed by atoms with Crippen LogP contribution in [0.2, 0.25) is 0 Å². The van der Waals surface area contributed by atoms with Crippen molar-refractivity contribution in [1.82, 2.24) is 0 Å². The van der Waals surface area contributed by atoms with E-state index in [2.05, 4.69) is 10.0 Å². The minimum Gasteiger partial charge on any atom is -0.494 e. The molecule has 2 N–H and O–H groups in total. The first-order valence-corrected chi connectivity index (χ1v) is 10.6. The summed E-state index contributed by atoms with van der Waals surface area (Å²) >= 11 is 1.11. The average Bonchev–Trinajstić information content (AvgIpc) is 3.19. The van der Waals surface area contributed by atoms with Crippen molar-refractivity contribution < 1.29 is 17.9 Å². The molecule has 3 rings (SSSR count). The number of benzene rings is 2. The SMILES string of the molecule is CCOc1ccc(NC(=O)c2ccccc2NS(=O)(=O)c2cccs2)cc1. The molecular weight excluding hydrogens is 384 g/mol. The van der Waals surface area contributed by atoms with Crippen molar-refractivity contribution in [3.8, 4) is 5.75 Å². The van der Waals surface area contributed by atoms with E-state index in [1.165, 1.54) is 6.07 Å². The van der Waals surface area contributed by atoms with Gasteiger partial charge in [-0.05, 0) is 54.8 Å². The van der Waals surface area contributed by atoms with Crippen LogP contribution in [0.1, 0.15) is 17.3 Å². The van der Waals surface area contributed by atoms with E-state index in [1.807, 2.05) is 6.92 Å². The third kappa shape index (κ3) is 4.66. The molecule has 0 saturated heterocycles. The van der Waals surface area contributed by atoms with E-state index in [1.54, 1.807) is 60.0 Å². The summed E-state index contributed by atoms with van der Waals surface area (Å²) in [5.41, 5.74) is 1.03. The molecule has 0 saturated carbocycles. The fourth-order valence-corrected chi connectivity index (χ4v) is 4.45. The van der Waals surface area contributed by atoms with Gasteiger partial charge in [0, 0.05) is 5.69 Å². The van der Waals surface area contributed by atoms with Gasteiger partial charge in [-0.15, -0.1) is 11.3 Å². The van der Waals surface area contributed by atoms with Crippen molar-refractivity contribution in [2.75, 3.05) is 16.6 Å². The van der Waals surface area contributed by atoms with E-state index in [-0.39, 0.29) is 15.5 Å². The molecular formula is C19H18N2O4S2. The molecule has 2 aromatic carbocycles. The fraction of sp³-hybridized carbons (Fsp3) is 0.105. The molecule has 0 aliphatic heterocycles. The second-order valence-electron chi connectivity index (χ2n) is 5.49. The molecule has 6 nitrogen and oxygen atoms in total. The van der Waals surface area contributed by atoms with Gasteiger partial charge in [0.05, 0.1) is 17.9 Å². The molecule has 0 atom stereocenters. The molecule has 1 aromatic heterocycles. The van der Waals surface area contributed by atoms with Gasteiger partial charge in [-0.2, -0.15) is 0 Å². The second kappa shape index (κ2) is 8.24. The summed E-state index contributed by atoms with van der Waals surface area (Å²) in [5, 5.41) is 4.44. The zero-order valence-corrected chi connectivity index (χ0v) is 16.1. The summed E-state index contributed by atoms with van der Waals surface area (Å²) in [7, 11) is -3.74. The molecule has 1 amide bonds. The summed E-state index contributed by atoms with van der Waals surface area (Å²) < 4.78 is 32.9. The lowest BCUT2D eigenvalue weighted by atomic mass is 10.1. The first kappa shape index (κ1) is 18.9. The first-order chi connectivity index (χ1) is 13.0. The molecule has 0 radical (unpaired) electrons. The Labute approximate surface area is 161 Å². The molecule has 1 heterocycles. The van der Waals surface area contributed by atoms with Crippen LogP contribution >= 0.6 is 11.3 Å². The van der Waals surface area contributed by atoms with E-state index in [4.69, 9.17) is 4.74 Å². The molecule has 0 fully saturated rings. The van der Waals surface area contributed by atoms with Gasteiger partial charge in [-0.25, -0.2) is 8.42 Å². The second-order valence-corrected chi connectivity index (χ2v) is 8.35. The van der Waals surface area contributed by atoms with Crippen LogP contribution in [0, 0.1) is 0 Å². The molecule has 0 aliphatic carbocycles. The predicted molar refractivity (Wildman–Crippen MR) is 107 cm³/mol. The van der Waals surface area contributed by atoms with Crippen molar-refractivity contribution in [3.63, 3.8) is 0 Å². The topological polar surface area (TPSA) is 84.5 Å². The smallest absolute Gasteiger partial charge is 0.271 e. The number of thiophene rings is 1. The lowest BCUT2D eigenvalue weighted by molar-refractivity contribution is 0.102. The Morgan fingerprint density at radius 1 is 1.04 bits per heavy atom. The Morgan fingerprint density at radius 2 is 1.78 bits per heavy atom. The van der Waals surface area contributed by atoms with Gasteiger partial charge in [0.25, 0.3) is 15.9 Å². The number of anilines is 2. The zero-order chi connectivity index (χ0) is 19.3. The van der Waals surface area contributed by atoms with Crippen LogP contribution in [0.4, 0.5) is 11.4 Å². The summed E-state index contributed by atoms with van der Waals surface area (Å²) in [6, 6.07) is 16.6. The van der Waals surface area contributed by atoms with E-state index >= 15 is 0 Å². The quantitative estimate of drug-likeness (QED) is 0.620. The Bertz CT molecular complexity index is 1010. The van der Waals surface area contributed by atoms with Crippen molar-refractivity contribution >= 4 is 38.6 Å². The number of rotatable bonds is 7. The highest BCUT2D eigenvalue weighted by molar-refractivity contribution is 7.94. The maximum atomic E-state index is 12.6. The number of carbonyl (C=O) groups excluding carboxylic acids is 1. The Hall–Kier alpha value is -2.84. The van der Waals surface area contributed by atoms with Gasteiger partial charge in [-0.3, -0.25) is 9.52 Å². The molecule has 27 heavy (non-hydrogen) atoms. The van der Waals surface area contributed by atoms with Gasteiger partial charge < -0.3 is 10.1 Å². The molecule has 140 valence electrons. The first-order valence-electron chi connectivity index (χ1n) is 8.19. The molecule has 0 aliphatic rings. The number of sulfonamides is 1. The van der Waals surface area contributed by atoms with Crippen LogP contribution in [0.15, 0.2) is 70.3 Å². The number of ether oxygens (including phenoxy) is 1. The van der Waals surface area contributed by atoms with Crippen LogP contribution in [0.3, 0.4) is 0 Å². The summed E-state index contributed by atoms with van der Waals surface area (Å²) in [4.78, 5) is 12.6. The minimum absolute atomic E-state index is 0.184. The van der Waals surface area contributed by atoms with Crippen LogP contribution in [0.5, 0.6) is 5.75 Å². The Kier molecular flexibility index (Phi) is 5.78. The Balaban J connectivity index is 1.79. The fourth-order valence-electron chi connectivity index (χ4n) is 2.38. The molecule has 8 heteroatoms. The number of hydrogen-bond donors (Lipinski definition) is 2. The Morgan fingerprint density at radius 3 is 2.44 bits per heavy atom. The van der Waals surface area contributed by atoms with Gasteiger partial charge in [-0.1, -0.05) is 18.2 Å². The normalized spacial score (nSPS) is 11.0. The van der Waals surface area contributed by atoms with Crippen LogP contribution in [-0.2, 0) is 10.0 Å². The highest BCUT2D eigenvalue weighted by atomic mass is 32.2. The maximum absolute atomic E-state index is 12.6. The third-order valence-corrected chi connectivity index (χ3v) is 6.36. The highest BCUT2D eigenvalue weighted by Crippen LogP contribution is 2.24. The standard InChI is InChI=1S/C19H18N2O4S2/c1-2-25-15-11-9-14(10-12-15)20-19(22)16-6-3-4-7-17(16)21-27(23,24)18-8-5-13-26-18/h3-13,21H,2H2,1H3,(H,20,22). The lowest BCUT2D eigenvalue weighted by Gasteiger charge is -2.12. The largest absolute Gasteiger partial charge is 0.494 e. The van der Waals surface area contributed by atoms with Crippen LogP contribution < -0.4 is 14.8 Å². The van der Waals surface area contributed by atoms with E-state index < -0.39 is 15.9 Å². The molecule has 0 spiro atoms. The van der Waals surface area contributed by atoms with Gasteiger partial charge in [0.1, 0.15) is 9.96 Å². The number of amides is 1. The van der Waals surface area contributed by atoms with Crippen LogP contribution in [-0.4, -0.2) is 20.9 Å². The van der Waals surface area contributed by atoms with Crippen molar-refractivity contribution in [2.24, 2.45) is 0 Å².